The van der Waals surface area contributed by atoms with Crippen LogP contribution in [0.3, 0.4) is 0 Å². The minimum Gasteiger partial charge on any atom is -0.457 e. The Hall–Kier alpha value is -9.14. The summed E-state index contributed by atoms with van der Waals surface area (Å²) in [5.74, 6) is 3.53. The van der Waals surface area contributed by atoms with Crippen molar-refractivity contribution in [3.8, 4) is 46.0 Å². The lowest BCUT2D eigenvalue weighted by atomic mass is 9.72. The minimum atomic E-state index is -0.736. The molecule has 0 amide bonds. The van der Waals surface area contributed by atoms with Gasteiger partial charge in [0.2, 0.25) is 0 Å². The molecule has 0 unspecified atom stereocenters. The monoisotopic (exact) mass is 1320 g/mol. The van der Waals surface area contributed by atoms with E-state index in [4.69, 9.17) is 23.7 Å². The third-order valence-electron chi connectivity index (χ3n) is 20.5. The molecular weight excluding hydrogens is 1220 g/mol. The predicted octanol–water partition coefficient (Wildman–Crippen LogP) is 26.3. The zero-order valence-electron chi connectivity index (χ0n) is 61.8. The average molecular weight is 1320 g/mol. The van der Waals surface area contributed by atoms with Crippen molar-refractivity contribution in [3.05, 3.63) is 191 Å². The summed E-state index contributed by atoms with van der Waals surface area (Å²) in [6.45, 7) is 45.2. The first-order valence-electron chi connectivity index (χ1n) is 35.8. The van der Waals surface area contributed by atoms with Crippen LogP contribution >= 0.6 is 0 Å². The summed E-state index contributed by atoms with van der Waals surface area (Å²) in [5.41, 5.74) is 7.66. The van der Waals surface area contributed by atoms with Crippen LogP contribution in [0.4, 0.5) is 5.69 Å². The Labute approximate surface area is 585 Å². The Morgan fingerprint density at radius 2 is 0.707 bits per heavy atom. The van der Waals surface area contributed by atoms with Crippen LogP contribution in [0.25, 0.3) is 81.0 Å². The molecule has 12 aromatic carbocycles. The zero-order valence-corrected chi connectivity index (χ0v) is 61.8. The molecule has 8 heteroatoms. The summed E-state index contributed by atoms with van der Waals surface area (Å²) in [6, 6.07) is 53.2. The van der Waals surface area contributed by atoms with Crippen molar-refractivity contribution >= 4 is 98.6 Å². The maximum Gasteiger partial charge on any atom is 0.346 e. The summed E-state index contributed by atoms with van der Waals surface area (Å²) < 4.78 is 35.1. The first-order valence-corrected chi connectivity index (χ1v) is 35.8. The van der Waals surface area contributed by atoms with Crippen LogP contribution < -0.4 is 23.8 Å². The van der Waals surface area contributed by atoms with Gasteiger partial charge in [0.1, 0.15) is 46.0 Å². The van der Waals surface area contributed by atoms with Crippen LogP contribution in [0.1, 0.15) is 207 Å². The van der Waals surface area contributed by atoms with Crippen LogP contribution in [0, 0.1) is 21.7 Å². The molecule has 0 aliphatic carbocycles. The number of nitrogens with zero attached hydrogens (tertiary/aromatic N) is 1. The van der Waals surface area contributed by atoms with E-state index in [1.807, 2.05) is 24.3 Å². The van der Waals surface area contributed by atoms with Gasteiger partial charge in [-0.25, -0.2) is 9.59 Å². The molecule has 2 aliphatic heterocycles. The van der Waals surface area contributed by atoms with E-state index >= 15 is 0 Å². The highest BCUT2D eigenvalue weighted by molar-refractivity contribution is 6.46. The number of allylic oxidation sites excluding steroid dienone is 2. The van der Waals surface area contributed by atoms with E-state index in [1.165, 1.54) is 22.3 Å². The van der Waals surface area contributed by atoms with Crippen molar-refractivity contribution in [1.82, 2.24) is 0 Å². The molecule has 99 heavy (non-hydrogen) atoms. The summed E-state index contributed by atoms with van der Waals surface area (Å²) in [4.78, 5) is 31.6. The molecule has 1 saturated heterocycles. The molecule has 2 aliphatic rings. The quantitative estimate of drug-likeness (QED) is 0.0410. The summed E-state index contributed by atoms with van der Waals surface area (Å²) in [6.07, 6.45) is 7.49. The minimum absolute atomic E-state index is 0.0134. The summed E-state index contributed by atoms with van der Waals surface area (Å²) in [7, 11) is 0. The fourth-order valence-corrected chi connectivity index (χ4v) is 17.7. The molecule has 0 saturated carbocycles. The van der Waals surface area contributed by atoms with E-state index in [2.05, 4.69) is 258 Å². The fraction of sp³-hybridized carbons (Fsp3) is 0.363. The number of fused-ring (bicyclic) bond motifs is 4. The van der Waals surface area contributed by atoms with Gasteiger partial charge in [-0.3, -0.25) is 0 Å². The lowest BCUT2D eigenvalue weighted by Crippen LogP contribution is -2.24. The maximum atomic E-state index is 14.5. The van der Waals surface area contributed by atoms with Gasteiger partial charge in [-0.2, -0.15) is 0 Å². The van der Waals surface area contributed by atoms with E-state index < -0.39 is 11.9 Å². The highest BCUT2D eigenvalue weighted by Gasteiger charge is 2.37. The Morgan fingerprint density at radius 3 is 1.08 bits per heavy atom. The van der Waals surface area contributed by atoms with Gasteiger partial charge in [-0.1, -0.05) is 203 Å². The largest absolute Gasteiger partial charge is 0.457 e. The third kappa shape index (κ3) is 12.7. The van der Waals surface area contributed by atoms with Gasteiger partial charge in [0.05, 0.1) is 11.1 Å². The number of carbonyl (C=O) groups is 2. The Balaban J connectivity index is 1.08. The number of carbonyl (C=O) groups excluding carboxylic acids is 2. The smallest absolute Gasteiger partial charge is 0.346 e. The number of esters is 2. The van der Waals surface area contributed by atoms with Crippen LogP contribution in [0.5, 0.6) is 46.0 Å². The Kier molecular flexibility index (Phi) is 16.1. The van der Waals surface area contributed by atoms with Crippen molar-refractivity contribution in [2.24, 2.45) is 21.7 Å². The predicted molar refractivity (Wildman–Crippen MR) is 413 cm³/mol. The topological polar surface area (TPSA) is 83.5 Å². The van der Waals surface area contributed by atoms with Crippen molar-refractivity contribution in [2.75, 3.05) is 18.0 Å². The molecule has 0 aromatic heterocycles. The standard InChI is InChI=1S/C91H97NO7/c1-53(49-85(2,3)4)54-22-30-58(31-23-54)98-73-48-69(92-44-20-21-45-92)62-42-43-70(95-59-32-24-55(25-33-59)89(14,15)50-86(5,6)7)77-63-38-40-65-75-66(41-39-64(74(63)75)78(73)81(62)77)80-72(97-61-36-28-57(29-37-61)91(18,19)52-88(11,12)13)47-68-76-67(83(93)99-84(68)94)46-71(79(65)82(76)80)96-60-34-26-56(27-35-60)90(16,17)51-87(8,9)10/h22-43,46-49H,20-21,44-45,50-52H2,1-19H3/b53-49+. The van der Waals surface area contributed by atoms with Crippen LogP contribution in [0.15, 0.2) is 158 Å². The lowest BCUT2D eigenvalue weighted by molar-refractivity contribution is 0.0390. The first kappa shape index (κ1) is 67.1. The lowest BCUT2D eigenvalue weighted by Gasteiger charge is -2.33. The highest BCUT2D eigenvalue weighted by atomic mass is 16.6. The van der Waals surface area contributed by atoms with Gasteiger partial charge < -0.3 is 28.6 Å². The van der Waals surface area contributed by atoms with Gasteiger partial charge in [-0.05, 0) is 210 Å². The second-order valence-corrected chi connectivity index (χ2v) is 35.5. The second kappa shape index (κ2) is 23.8. The van der Waals surface area contributed by atoms with Crippen molar-refractivity contribution in [1.29, 1.82) is 0 Å². The normalized spacial score (nSPS) is 14.7. The van der Waals surface area contributed by atoms with Crippen molar-refractivity contribution < 1.29 is 33.3 Å². The van der Waals surface area contributed by atoms with Gasteiger partial charge in [-0.15, -0.1) is 0 Å². The number of rotatable bonds is 16. The van der Waals surface area contributed by atoms with Gasteiger partial charge in [0, 0.05) is 67.9 Å². The molecule has 0 radical (unpaired) electrons. The van der Waals surface area contributed by atoms with Gasteiger partial charge in [0.15, 0.2) is 0 Å². The van der Waals surface area contributed by atoms with Crippen molar-refractivity contribution in [2.45, 2.75) is 180 Å². The average Bonchev–Trinajstić information content (AvgIpc) is 0.768. The van der Waals surface area contributed by atoms with E-state index in [0.717, 1.165) is 144 Å². The van der Waals surface area contributed by atoms with Crippen molar-refractivity contribution in [3.63, 3.8) is 0 Å². The highest BCUT2D eigenvalue weighted by Crippen LogP contribution is 2.58. The van der Waals surface area contributed by atoms with Crippen LogP contribution in [-0.4, -0.2) is 25.0 Å². The van der Waals surface area contributed by atoms with Crippen LogP contribution in [-0.2, 0) is 21.0 Å². The molecule has 508 valence electrons. The van der Waals surface area contributed by atoms with Crippen LogP contribution in [0.2, 0.25) is 0 Å². The Morgan fingerprint density at radius 1 is 0.374 bits per heavy atom. The van der Waals surface area contributed by atoms with Gasteiger partial charge in [0.25, 0.3) is 0 Å². The maximum absolute atomic E-state index is 14.5. The number of ether oxygens (including phenoxy) is 5. The summed E-state index contributed by atoms with van der Waals surface area (Å²) >= 11 is 0. The molecule has 2 heterocycles. The third-order valence-corrected chi connectivity index (χ3v) is 20.5. The van der Waals surface area contributed by atoms with E-state index in [1.54, 1.807) is 12.1 Å². The molecule has 0 spiro atoms. The van der Waals surface area contributed by atoms with E-state index in [-0.39, 0.29) is 49.0 Å². The number of cyclic esters (lactones) is 2. The number of benzene rings is 12. The first-order chi connectivity index (χ1) is 46.5. The molecular formula is C91H97NO7. The molecule has 12 aromatic rings. The molecule has 0 N–H and O–H groups in total. The number of hydrogen-bond acceptors (Lipinski definition) is 8. The second-order valence-electron chi connectivity index (χ2n) is 35.5. The van der Waals surface area contributed by atoms with E-state index in [0.29, 0.717) is 33.8 Å². The van der Waals surface area contributed by atoms with E-state index in [9.17, 15) is 9.59 Å². The SMILES string of the molecule is C/C(=C\C(C)(C)C)c1ccc(Oc2cc(N3CCCC3)c3ccc(Oc4ccc(C(C)(C)CC(C)(C)C)cc4)c4c5ccc6c7c(Oc8ccc(C(C)(C)CC(C)(C)C)cc8)cc8c9c(cc(Oc%10ccc(C(C)(C)CC(C)(C)C)cc%10)c(c%10ccc(c2c34)c5c6%10)c97)C(=O)OC8=O)cc1. The molecule has 1 fully saturated rings. The number of hydrogen-bond donors (Lipinski definition) is 0. The molecule has 0 atom stereocenters. The fourth-order valence-electron chi connectivity index (χ4n) is 17.7. The molecule has 0 bridgehead atoms. The van der Waals surface area contributed by atoms with Gasteiger partial charge >= 0.3 is 11.9 Å². The molecule has 8 nitrogen and oxygen atoms in total. The zero-order chi connectivity index (χ0) is 70.4. The number of anilines is 1. The summed E-state index contributed by atoms with van der Waals surface area (Å²) in [5, 5.41) is 12.4. The Bertz CT molecular complexity index is 5060. The molecule has 14 rings (SSSR count).